The minimum Gasteiger partial charge on any atom is -0.464 e. The number of carbonyl (C=O) groups is 3. The maximum atomic E-state index is 13.6. The van der Waals surface area contributed by atoms with Crippen LogP contribution in [0.1, 0.15) is 63.2 Å². The standard InChI is InChI=1S/C24H30N2O6/c1-13(2)11-26(23(28)17-8-9-18-19(10-17)32-12-31-18)16(5)22(27)20-14(3)21(24(29)30-7)25(6)15(20)4/h8-10,13,16H,11-12H2,1-7H3. The van der Waals surface area contributed by atoms with Crippen molar-refractivity contribution in [2.75, 3.05) is 20.4 Å². The molecule has 0 spiro atoms. The number of ketones is 1. The molecule has 0 N–H and O–H groups in total. The van der Waals surface area contributed by atoms with Gasteiger partial charge in [-0.2, -0.15) is 0 Å². The van der Waals surface area contributed by atoms with Gasteiger partial charge in [-0.1, -0.05) is 13.8 Å². The summed E-state index contributed by atoms with van der Waals surface area (Å²) in [4.78, 5) is 40.9. The van der Waals surface area contributed by atoms with Gasteiger partial charge in [0.1, 0.15) is 5.69 Å². The first-order valence-electron chi connectivity index (χ1n) is 10.6. The molecule has 2 aromatic rings. The zero-order chi connectivity index (χ0) is 23.7. The number of methoxy groups -OCH3 is 1. The Labute approximate surface area is 188 Å². The third-order valence-electron chi connectivity index (χ3n) is 5.84. The summed E-state index contributed by atoms with van der Waals surface area (Å²) >= 11 is 0. The van der Waals surface area contributed by atoms with Crippen LogP contribution in [0.3, 0.4) is 0 Å². The lowest BCUT2D eigenvalue weighted by molar-refractivity contribution is 0.0587. The maximum absolute atomic E-state index is 13.6. The third-order valence-corrected chi connectivity index (χ3v) is 5.84. The monoisotopic (exact) mass is 442 g/mol. The molecule has 0 aliphatic carbocycles. The number of nitrogens with zero attached hydrogens (tertiary/aromatic N) is 2. The molecule has 8 heteroatoms. The van der Waals surface area contributed by atoms with Crippen LogP contribution in [-0.4, -0.2) is 53.6 Å². The average molecular weight is 443 g/mol. The number of aromatic nitrogens is 1. The number of ether oxygens (including phenoxy) is 3. The minimum absolute atomic E-state index is 0.118. The zero-order valence-corrected chi connectivity index (χ0v) is 19.6. The molecule has 2 heterocycles. The van der Waals surface area contributed by atoms with Gasteiger partial charge in [-0.05, 0) is 50.5 Å². The fraction of sp³-hybridized carbons (Fsp3) is 0.458. The average Bonchev–Trinajstić information content (AvgIpc) is 3.31. The Bertz CT molecular complexity index is 1070. The number of Topliss-reactive ketones (excluding diaryl/α,β-unsaturated/α-hetero) is 1. The van der Waals surface area contributed by atoms with E-state index in [9.17, 15) is 14.4 Å². The van der Waals surface area contributed by atoms with E-state index in [2.05, 4.69) is 0 Å². The minimum atomic E-state index is -0.736. The van der Waals surface area contributed by atoms with Crippen LogP contribution >= 0.6 is 0 Å². The molecule has 1 aromatic carbocycles. The molecular weight excluding hydrogens is 412 g/mol. The van der Waals surface area contributed by atoms with Crippen LogP contribution < -0.4 is 9.47 Å². The molecule has 1 aliphatic rings. The smallest absolute Gasteiger partial charge is 0.354 e. The van der Waals surface area contributed by atoms with Gasteiger partial charge >= 0.3 is 5.97 Å². The molecule has 1 aromatic heterocycles. The fourth-order valence-electron chi connectivity index (χ4n) is 4.08. The first-order chi connectivity index (χ1) is 15.1. The first kappa shape index (κ1) is 23.4. The summed E-state index contributed by atoms with van der Waals surface area (Å²) in [6.45, 7) is 9.73. The van der Waals surface area contributed by atoms with Crippen LogP contribution in [0.5, 0.6) is 11.5 Å². The summed E-state index contributed by atoms with van der Waals surface area (Å²) in [5, 5.41) is 0. The van der Waals surface area contributed by atoms with E-state index in [-0.39, 0.29) is 24.4 Å². The van der Waals surface area contributed by atoms with Crippen molar-refractivity contribution in [2.24, 2.45) is 13.0 Å². The molecule has 0 fully saturated rings. The predicted octanol–water partition coefficient (Wildman–Crippen LogP) is 3.53. The molecule has 8 nitrogen and oxygen atoms in total. The second kappa shape index (κ2) is 9.06. The Balaban J connectivity index is 1.98. The number of rotatable bonds is 7. The van der Waals surface area contributed by atoms with Crippen molar-refractivity contribution in [3.05, 3.63) is 46.3 Å². The molecule has 1 atom stereocenters. The number of amides is 1. The van der Waals surface area contributed by atoms with E-state index in [1.165, 1.54) is 7.11 Å². The van der Waals surface area contributed by atoms with E-state index < -0.39 is 12.0 Å². The molecular formula is C24H30N2O6. The van der Waals surface area contributed by atoms with Crippen molar-refractivity contribution in [1.29, 1.82) is 0 Å². The first-order valence-corrected chi connectivity index (χ1v) is 10.6. The molecule has 32 heavy (non-hydrogen) atoms. The van der Waals surface area contributed by atoms with E-state index in [1.54, 1.807) is 55.5 Å². The molecule has 1 aliphatic heterocycles. The van der Waals surface area contributed by atoms with Gasteiger partial charge in [-0.15, -0.1) is 0 Å². The van der Waals surface area contributed by atoms with Gasteiger partial charge in [0.25, 0.3) is 5.91 Å². The summed E-state index contributed by atoms with van der Waals surface area (Å²) in [6, 6.07) is 4.28. The second-order valence-corrected chi connectivity index (χ2v) is 8.44. The Morgan fingerprint density at radius 3 is 2.41 bits per heavy atom. The van der Waals surface area contributed by atoms with Crippen LogP contribution in [0.15, 0.2) is 18.2 Å². The number of carbonyl (C=O) groups excluding carboxylic acids is 3. The molecule has 0 bridgehead atoms. The Kier molecular flexibility index (Phi) is 6.62. The van der Waals surface area contributed by atoms with E-state index in [0.717, 1.165) is 0 Å². The quantitative estimate of drug-likeness (QED) is 0.482. The summed E-state index contributed by atoms with van der Waals surface area (Å²) < 4.78 is 17.3. The Morgan fingerprint density at radius 1 is 1.12 bits per heavy atom. The summed E-state index contributed by atoms with van der Waals surface area (Å²) in [5.74, 6) is 0.253. The van der Waals surface area contributed by atoms with Crippen LogP contribution in [0.2, 0.25) is 0 Å². The van der Waals surface area contributed by atoms with Crippen molar-refractivity contribution < 1.29 is 28.6 Å². The molecule has 1 unspecified atom stereocenters. The predicted molar refractivity (Wildman–Crippen MR) is 118 cm³/mol. The highest BCUT2D eigenvalue weighted by atomic mass is 16.7. The van der Waals surface area contributed by atoms with Gasteiger partial charge in [0.2, 0.25) is 6.79 Å². The van der Waals surface area contributed by atoms with Crippen molar-refractivity contribution in [1.82, 2.24) is 9.47 Å². The zero-order valence-electron chi connectivity index (χ0n) is 19.6. The third kappa shape index (κ3) is 4.09. The summed E-state index contributed by atoms with van der Waals surface area (Å²) in [6.07, 6.45) is 0. The maximum Gasteiger partial charge on any atom is 0.354 e. The van der Waals surface area contributed by atoms with Crippen LogP contribution in [0.4, 0.5) is 0 Å². The van der Waals surface area contributed by atoms with Crippen LogP contribution in [0, 0.1) is 19.8 Å². The normalized spacial score (nSPS) is 13.2. The highest BCUT2D eigenvalue weighted by molar-refractivity contribution is 6.07. The van der Waals surface area contributed by atoms with Crippen LogP contribution in [0.25, 0.3) is 0 Å². The largest absolute Gasteiger partial charge is 0.464 e. The van der Waals surface area contributed by atoms with E-state index in [1.807, 2.05) is 13.8 Å². The molecule has 1 amide bonds. The van der Waals surface area contributed by atoms with Crippen molar-refractivity contribution in [3.8, 4) is 11.5 Å². The van der Waals surface area contributed by atoms with Crippen molar-refractivity contribution in [2.45, 2.75) is 40.7 Å². The lowest BCUT2D eigenvalue weighted by Gasteiger charge is -2.30. The van der Waals surface area contributed by atoms with E-state index in [0.29, 0.717) is 46.1 Å². The molecule has 3 rings (SSSR count). The summed E-state index contributed by atoms with van der Waals surface area (Å²) in [5.41, 5.74) is 2.39. The van der Waals surface area contributed by atoms with Crippen molar-refractivity contribution >= 4 is 17.7 Å². The lowest BCUT2D eigenvalue weighted by atomic mass is 9.98. The molecule has 0 saturated carbocycles. The van der Waals surface area contributed by atoms with Gasteiger partial charge < -0.3 is 23.7 Å². The van der Waals surface area contributed by atoms with Crippen LogP contribution in [-0.2, 0) is 11.8 Å². The SMILES string of the molecule is COC(=O)c1c(C)c(C(=O)C(C)N(CC(C)C)C(=O)c2ccc3c(c2)OCO3)c(C)n1C. The molecule has 172 valence electrons. The number of hydrogen-bond donors (Lipinski definition) is 0. The number of esters is 1. The van der Waals surface area contributed by atoms with E-state index in [4.69, 9.17) is 14.2 Å². The van der Waals surface area contributed by atoms with Gasteiger partial charge in [-0.3, -0.25) is 9.59 Å². The van der Waals surface area contributed by atoms with E-state index >= 15 is 0 Å². The van der Waals surface area contributed by atoms with Gasteiger partial charge in [-0.25, -0.2) is 4.79 Å². The van der Waals surface area contributed by atoms with Crippen molar-refractivity contribution in [3.63, 3.8) is 0 Å². The number of fused-ring (bicyclic) bond motifs is 1. The highest BCUT2D eigenvalue weighted by Crippen LogP contribution is 2.33. The molecule has 0 saturated heterocycles. The number of benzene rings is 1. The lowest BCUT2D eigenvalue weighted by Crippen LogP contribution is -2.45. The Hall–Kier alpha value is -3.29. The highest BCUT2D eigenvalue weighted by Gasteiger charge is 2.33. The Morgan fingerprint density at radius 2 is 1.78 bits per heavy atom. The second-order valence-electron chi connectivity index (χ2n) is 8.44. The fourth-order valence-corrected chi connectivity index (χ4v) is 4.08. The molecule has 0 radical (unpaired) electrons. The number of hydrogen-bond acceptors (Lipinski definition) is 6. The topological polar surface area (TPSA) is 87.1 Å². The van der Waals surface area contributed by atoms with Gasteiger partial charge in [0, 0.05) is 30.4 Å². The summed E-state index contributed by atoms with van der Waals surface area (Å²) in [7, 11) is 3.03. The van der Waals surface area contributed by atoms with Gasteiger partial charge in [0.15, 0.2) is 17.3 Å². The van der Waals surface area contributed by atoms with Gasteiger partial charge in [0.05, 0.1) is 13.2 Å².